The van der Waals surface area contributed by atoms with E-state index in [9.17, 15) is 22.8 Å². The third-order valence-electron chi connectivity index (χ3n) is 5.26. The first-order valence-corrected chi connectivity index (χ1v) is 11.3. The summed E-state index contributed by atoms with van der Waals surface area (Å²) in [5.41, 5.74) is 2.23. The van der Waals surface area contributed by atoms with Crippen molar-refractivity contribution >= 4 is 28.3 Å². The second-order valence-corrected chi connectivity index (χ2v) is 8.72. The van der Waals surface area contributed by atoms with Crippen LogP contribution in [-0.2, 0) is 13.0 Å². The summed E-state index contributed by atoms with van der Waals surface area (Å²) in [6, 6.07) is 8.89. The number of Topliss-reactive ketones (excluding diaryl/α,β-unsaturated/α-hetero) is 1. The number of aryl methyl sites for hydroxylation is 2. The number of alkyl halides is 3. The van der Waals surface area contributed by atoms with Gasteiger partial charge in [0.05, 0.1) is 10.6 Å². The van der Waals surface area contributed by atoms with Gasteiger partial charge in [0.15, 0.2) is 10.9 Å². The van der Waals surface area contributed by atoms with Crippen molar-refractivity contribution in [2.45, 2.75) is 32.7 Å². The van der Waals surface area contributed by atoms with Crippen molar-refractivity contribution in [3.8, 4) is 5.75 Å². The molecule has 2 aromatic heterocycles. The van der Waals surface area contributed by atoms with Crippen molar-refractivity contribution in [3.05, 3.63) is 70.5 Å². The Morgan fingerprint density at radius 1 is 1.15 bits per heavy atom. The number of thiazole rings is 1. The molecular formula is C23H21F3N4O3S. The highest BCUT2D eigenvalue weighted by Crippen LogP contribution is 2.31. The Kier molecular flexibility index (Phi) is 6.82. The first-order chi connectivity index (χ1) is 16.2. The number of anilines is 1. The Hall–Kier alpha value is -3.47. The average molecular weight is 491 g/mol. The molecule has 1 aliphatic rings. The lowest BCUT2D eigenvalue weighted by atomic mass is 10.1. The summed E-state index contributed by atoms with van der Waals surface area (Å²) in [5.74, 6) is -0.348. The van der Waals surface area contributed by atoms with Crippen LogP contribution in [-0.4, -0.2) is 46.1 Å². The fraction of sp³-hybridized carbons (Fsp3) is 0.304. The number of pyridine rings is 1. The normalized spacial score (nSPS) is 14.1. The number of aromatic nitrogens is 2. The van der Waals surface area contributed by atoms with E-state index in [1.807, 2.05) is 12.1 Å². The molecule has 7 nitrogen and oxygen atoms in total. The number of urea groups is 1. The maximum Gasteiger partial charge on any atom is 0.573 e. The van der Waals surface area contributed by atoms with Crippen LogP contribution in [0.3, 0.4) is 0 Å². The van der Waals surface area contributed by atoms with Crippen LogP contribution >= 0.6 is 11.3 Å². The summed E-state index contributed by atoms with van der Waals surface area (Å²) in [6.07, 6.45) is -0.450. The van der Waals surface area contributed by atoms with Crippen molar-refractivity contribution in [1.82, 2.24) is 14.9 Å². The van der Waals surface area contributed by atoms with E-state index < -0.39 is 6.36 Å². The van der Waals surface area contributed by atoms with E-state index in [-0.39, 0.29) is 24.1 Å². The van der Waals surface area contributed by atoms with E-state index in [1.165, 1.54) is 40.5 Å². The predicted octanol–water partition coefficient (Wildman–Crippen LogP) is 5.00. The highest BCUT2D eigenvalue weighted by atomic mass is 32.1. The molecule has 0 saturated carbocycles. The molecule has 0 unspecified atom stereocenters. The van der Waals surface area contributed by atoms with E-state index in [1.54, 1.807) is 24.2 Å². The van der Waals surface area contributed by atoms with E-state index in [0.717, 1.165) is 5.56 Å². The van der Waals surface area contributed by atoms with Gasteiger partial charge in [-0.15, -0.1) is 13.2 Å². The minimum atomic E-state index is -4.75. The van der Waals surface area contributed by atoms with Gasteiger partial charge in [-0.2, -0.15) is 0 Å². The highest BCUT2D eigenvalue weighted by molar-refractivity contribution is 7.17. The second kappa shape index (κ2) is 9.80. The molecule has 11 heteroatoms. The van der Waals surface area contributed by atoms with Gasteiger partial charge >= 0.3 is 12.4 Å². The Morgan fingerprint density at radius 3 is 2.59 bits per heavy atom. The Labute approximate surface area is 197 Å². The van der Waals surface area contributed by atoms with Crippen LogP contribution in [0.15, 0.2) is 48.8 Å². The lowest BCUT2D eigenvalue weighted by Crippen LogP contribution is -2.31. The lowest BCUT2D eigenvalue weighted by molar-refractivity contribution is -0.274. The van der Waals surface area contributed by atoms with E-state index in [0.29, 0.717) is 47.2 Å². The molecule has 34 heavy (non-hydrogen) atoms. The highest BCUT2D eigenvalue weighted by Gasteiger charge is 2.33. The summed E-state index contributed by atoms with van der Waals surface area (Å²) < 4.78 is 40.8. The van der Waals surface area contributed by atoms with E-state index in [4.69, 9.17) is 0 Å². The molecule has 2 amide bonds. The van der Waals surface area contributed by atoms with Crippen LogP contribution in [0.2, 0.25) is 0 Å². The van der Waals surface area contributed by atoms with E-state index in [2.05, 4.69) is 14.7 Å². The Bertz CT molecular complexity index is 1170. The predicted molar refractivity (Wildman–Crippen MR) is 120 cm³/mol. The van der Waals surface area contributed by atoms with Crippen LogP contribution in [0.25, 0.3) is 0 Å². The smallest absolute Gasteiger partial charge is 0.406 e. The van der Waals surface area contributed by atoms with Crippen LogP contribution < -0.4 is 9.64 Å². The quantitative estimate of drug-likeness (QED) is 0.416. The zero-order valence-corrected chi connectivity index (χ0v) is 19.0. The fourth-order valence-electron chi connectivity index (χ4n) is 3.60. The molecule has 4 rings (SSSR count). The second-order valence-electron chi connectivity index (χ2n) is 7.74. The minimum Gasteiger partial charge on any atom is -0.406 e. The number of amides is 2. The molecule has 3 aromatic rings. The molecule has 0 aliphatic carbocycles. The molecule has 0 radical (unpaired) electrons. The average Bonchev–Trinajstić information content (AvgIpc) is 3.35. The first kappa shape index (κ1) is 23.7. The largest absolute Gasteiger partial charge is 0.573 e. The van der Waals surface area contributed by atoms with Gasteiger partial charge in [-0.1, -0.05) is 29.5 Å². The number of carbonyl (C=O) groups excluding carboxylic acids is 2. The van der Waals surface area contributed by atoms with Crippen LogP contribution in [0, 0.1) is 6.92 Å². The summed E-state index contributed by atoms with van der Waals surface area (Å²) in [5, 5.41) is 0.462. The number of carbonyl (C=O) groups is 2. The molecule has 3 heterocycles. The van der Waals surface area contributed by atoms with Crippen molar-refractivity contribution < 1.29 is 27.5 Å². The molecule has 1 aliphatic heterocycles. The number of hydrogen-bond acceptors (Lipinski definition) is 6. The van der Waals surface area contributed by atoms with Gasteiger partial charge in [-0.3, -0.25) is 14.7 Å². The molecule has 178 valence electrons. The molecule has 1 saturated heterocycles. The minimum absolute atomic E-state index is 0.0326. The molecule has 0 spiro atoms. The fourth-order valence-corrected chi connectivity index (χ4v) is 4.65. The van der Waals surface area contributed by atoms with Gasteiger partial charge in [0.25, 0.3) is 0 Å². The van der Waals surface area contributed by atoms with Crippen LogP contribution in [0.1, 0.15) is 32.9 Å². The molecule has 1 aromatic carbocycles. The summed E-state index contributed by atoms with van der Waals surface area (Å²) >= 11 is 1.20. The zero-order valence-electron chi connectivity index (χ0n) is 18.2. The Balaban J connectivity index is 1.37. The van der Waals surface area contributed by atoms with Gasteiger partial charge in [0.2, 0.25) is 0 Å². The summed E-state index contributed by atoms with van der Waals surface area (Å²) in [4.78, 5) is 37.8. The van der Waals surface area contributed by atoms with Crippen molar-refractivity contribution in [1.29, 1.82) is 0 Å². The van der Waals surface area contributed by atoms with Crippen LogP contribution in [0.4, 0.5) is 23.1 Å². The van der Waals surface area contributed by atoms with Gasteiger partial charge in [-0.25, -0.2) is 9.78 Å². The van der Waals surface area contributed by atoms with Crippen molar-refractivity contribution in [2.75, 3.05) is 18.0 Å². The Morgan fingerprint density at radius 2 is 1.91 bits per heavy atom. The number of nitrogens with zero attached hydrogens (tertiary/aromatic N) is 4. The van der Waals surface area contributed by atoms with Crippen molar-refractivity contribution in [2.24, 2.45) is 0 Å². The molecule has 0 bridgehead atoms. The number of ketones is 1. The maximum absolute atomic E-state index is 12.9. The van der Waals surface area contributed by atoms with Gasteiger partial charge in [0, 0.05) is 38.4 Å². The SMILES string of the molecule is Cc1nc(N2CCN(Cc3ccc(OC(F)(F)F)cc3)C2=O)sc1C(=O)CCc1cccnc1. The third-order valence-corrected chi connectivity index (χ3v) is 6.48. The number of hydrogen-bond donors (Lipinski definition) is 0. The van der Waals surface area contributed by atoms with E-state index >= 15 is 0 Å². The molecule has 1 fully saturated rings. The monoisotopic (exact) mass is 490 g/mol. The zero-order chi connectivity index (χ0) is 24.3. The van der Waals surface area contributed by atoms with Crippen molar-refractivity contribution in [3.63, 3.8) is 0 Å². The standard InChI is InChI=1S/C23H21F3N4O3S/c1-15-20(19(31)9-6-16-3-2-10-27-13-16)34-21(28-15)30-12-11-29(22(30)32)14-17-4-7-18(8-5-17)33-23(24,25)26/h2-5,7-8,10,13H,6,9,11-12,14H2,1H3. The summed E-state index contributed by atoms with van der Waals surface area (Å²) in [7, 11) is 0. The molecule has 0 atom stereocenters. The number of rotatable bonds is 8. The molecule has 0 N–H and O–H groups in total. The topological polar surface area (TPSA) is 75.6 Å². The molecular weight excluding hydrogens is 469 g/mol. The van der Waals surface area contributed by atoms with Gasteiger partial charge in [0.1, 0.15) is 5.75 Å². The number of benzene rings is 1. The lowest BCUT2D eigenvalue weighted by Gasteiger charge is -2.17. The van der Waals surface area contributed by atoms with Gasteiger partial charge in [-0.05, 0) is 42.7 Å². The maximum atomic E-state index is 12.9. The third kappa shape index (κ3) is 5.71. The summed E-state index contributed by atoms with van der Waals surface area (Å²) in [6.45, 7) is 2.83. The van der Waals surface area contributed by atoms with Crippen LogP contribution in [0.5, 0.6) is 5.75 Å². The number of halogens is 3. The first-order valence-electron chi connectivity index (χ1n) is 10.5. The number of ether oxygens (including phenoxy) is 1. The van der Waals surface area contributed by atoms with Gasteiger partial charge < -0.3 is 9.64 Å².